The molecule has 1 aliphatic rings. The van der Waals surface area contributed by atoms with Gasteiger partial charge in [-0.25, -0.2) is 0 Å². The first kappa shape index (κ1) is 23.4. The highest BCUT2D eigenvalue weighted by molar-refractivity contribution is 5.92. The monoisotopic (exact) mass is 461 g/mol. The van der Waals surface area contributed by atoms with E-state index in [0.717, 1.165) is 35.7 Å². The number of nitrogens with zero attached hydrogens (tertiary/aromatic N) is 3. The van der Waals surface area contributed by atoms with Gasteiger partial charge in [-0.3, -0.25) is 4.79 Å². The van der Waals surface area contributed by atoms with Crippen molar-refractivity contribution < 1.29 is 18.8 Å². The molecule has 4 rings (SSSR count). The van der Waals surface area contributed by atoms with Crippen LogP contribution in [-0.4, -0.2) is 49.3 Å². The molecule has 1 aliphatic heterocycles. The number of hydrogen-bond acceptors (Lipinski definition) is 6. The van der Waals surface area contributed by atoms with Crippen LogP contribution in [0.25, 0.3) is 6.08 Å². The topological polar surface area (TPSA) is 68.0 Å². The molecule has 178 valence electrons. The molecule has 0 atom stereocenters. The summed E-state index contributed by atoms with van der Waals surface area (Å²) in [6.45, 7) is 9.26. The summed E-state index contributed by atoms with van der Waals surface area (Å²) in [7, 11) is 1.60. The number of aryl methyl sites for hydroxylation is 3. The first-order valence-corrected chi connectivity index (χ1v) is 11.5. The fourth-order valence-corrected chi connectivity index (χ4v) is 4.05. The maximum Gasteiger partial charge on any atom is 0.246 e. The Hall–Kier alpha value is -3.74. The van der Waals surface area contributed by atoms with Crippen molar-refractivity contribution in [2.75, 3.05) is 38.2 Å². The van der Waals surface area contributed by atoms with Crippen LogP contribution in [-0.2, 0) is 11.4 Å². The van der Waals surface area contributed by atoms with Crippen LogP contribution >= 0.6 is 0 Å². The Bertz CT molecular complexity index is 1160. The van der Waals surface area contributed by atoms with Crippen LogP contribution in [0.3, 0.4) is 0 Å². The van der Waals surface area contributed by atoms with Crippen LogP contribution in [0.2, 0.25) is 0 Å². The van der Waals surface area contributed by atoms with Gasteiger partial charge in [-0.1, -0.05) is 23.4 Å². The Morgan fingerprint density at radius 3 is 2.53 bits per heavy atom. The molecule has 1 aromatic heterocycles. The maximum absolute atomic E-state index is 12.7. The zero-order valence-corrected chi connectivity index (χ0v) is 20.2. The molecule has 34 heavy (non-hydrogen) atoms. The van der Waals surface area contributed by atoms with Gasteiger partial charge in [0.05, 0.1) is 18.4 Å². The number of benzene rings is 2. The normalized spacial score (nSPS) is 14.0. The molecule has 0 spiro atoms. The van der Waals surface area contributed by atoms with Gasteiger partial charge >= 0.3 is 0 Å². The lowest BCUT2D eigenvalue weighted by Crippen LogP contribution is -2.48. The molecule has 0 unspecified atom stereocenters. The van der Waals surface area contributed by atoms with E-state index in [1.165, 1.54) is 11.3 Å². The lowest BCUT2D eigenvalue weighted by molar-refractivity contribution is -0.126. The summed E-state index contributed by atoms with van der Waals surface area (Å²) >= 11 is 0. The molecule has 7 heteroatoms. The summed E-state index contributed by atoms with van der Waals surface area (Å²) < 4.78 is 16.6. The summed E-state index contributed by atoms with van der Waals surface area (Å²) in [4.78, 5) is 17.0. The Balaban J connectivity index is 1.34. The first-order valence-electron chi connectivity index (χ1n) is 11.5. The molecule has 2 heterocycles. The molecular weight excluding hydrogens is 430 g/mol. The summed E-state index contributed by atoms with van der Waals surface area (Å²) in [5.74, 6) is 1.99. The second kappa shape index (κ2) is 10.5. The van der Waals surface area contributed by atoms with E-state index in [4.69, 9.17) is 14.0 Å². The molecule has 7 nitrogen and oxygen atoms in total. The second-order valence-electron chi connectivity index (χ2n) is 8.49. The number of piperazine rings is 1. The summed E-state index contributed by atoms with van der Waals surface area (Å²) in [6, 6.07) is 14.1. The Kier molecular flexibility index (Phi) is 7.21. The largest absolute Gasteiger partial charge is 0.493 e. The lowest BCUT2D eigenvalue weighted by atomic mass is 10.1. The van der Waals surface area contributed by atoms with Crippen molar-refractivity contribution in [3.8, 4) is 11.5 Å². The number of carbonyl (C=O) groups is 1. The molecule has 3 aromatic rings. The number of rotatable bonds is 7. The number of aromatic nitrogens is 1. The number of anilines is 1. The average molecular weight is 462 g/mol. The van der Waals surface area contributed by atoms with Gasteiger partial charge in [-0.05, 0) is 62.2 Å². The molecule has 0 saturated carbocycles. The highest BCUT2D eigenvalue weighted by Crippen LogP contribution is 2.30. The van der Waals surface area contributed by atoms with Gasteiger partial charge in [0.1, 0.15) is 12.4 Å². The molecule has 0 aliphatic carbocycles. The third kappa shape index (κ3) is 5.42. The van der Waals surface area contributed by atoms with Crippen LogP contribution in [0.15, 0.2) is 53.1 Å². The van der Waals surface area contributed by atoms with Crippen molar-refractivity contribution in [3.63, 3.8) is 0 Å². The zero-order chi connectivity index (χ0) is 24.1. The average Bonchev–Trinajstić information content (AvgIpc) is 3.18. The predicted octanol–water partition coefficient (Wildman–Crippen LogP) is 4.55. The van der Waals surface area contributed by atoms with E-state index in [9.17, 15) is 4.79 Å². The van der Waals surface area contributed by atoms with Crippen LogP contribution in [0.4, 0.5) is 5.69 Å². The fourth-order valence-electron chi connectivity index (χ4n) is 4.05. The van der Waals surface area contributed by atoms with Crippen LogP contribution in [0, 0.1) is 20.8 Å². The molecule has 0 radical (unpaired) electrons. The molecule has 1 amide bonds. The van der Waals surface area contributed by atoms with E-state index in [1.807, 2.05) is 43.0 Å². The summed E-state index contributed by atoms with van der Waals surface area (Å²) in [6.07, 6.45) is 3.44. The SMILES string of the molecule is COc1cc(/C=C/C(=O)N2CCN(c3cccc(C)c3)CC2)ccc1OCc1c(C)noc1C. The van der Waals surface area contributed by atoms with E-state index in [-0.39, 0.29) is 5.91 Å². The Morgan fingerprint density at radius 2 is 1.85 bits per heavy atom. The molecule has 0 N–H and O–H groups in total. The number of amides is 1. The van der Waals surface area contributed by atoms with Crippen molar-refractivity contribution in [1.82, 2.24) is 10.1 Å². The molecular formula is C27H31N3O4. The van der Waals surface area contributed by atoms with E-state index in [1.54, 1.807) is 13.2 Å². The van der Waals surface area contributed by atoms with E-state index in [2.05, 4.69) is 41.2 Å². The maximum atomic E-state index is 12.7. The van der Waals surface area contributed by atoms with Gasteiger partial charge in [-0.15, -0.1) is 0 Å². The van der Waals surface area contributed by atoms with E-state index in [0.29, 0.717) is 31.2 Å². The Labute approximate surface area is 200 Å². The standard InChI is InChI=1S/C27H31N3O4/c1-19-6-5-7-23(16-19)29-12-14-30(15-13-29)27(31)11-9-22-8-10-25(26(17-22)32-4)33-18-24-20(2)28-34-21(24)3/h5-11,16-17H,12-15,18H2,1-4H3/b11-9+. The highest BCUT2D eigenvalue weighted by atomic mass is 16.5. The fraction of sp³-hybridized carbons (Fsp3) is 0.333. The van der Waals surface area contributed by atoms with E-state index < -0.39 is 0 Å². The summed E-state index contributed by atoms with van der Waals surface area (Å²) in [5, 5.41) is 3.95. The van der Waals surface area contributed by atoms with Gasteiger partial charge in [-0.2, -0.15) is 0 Å². The minimum Gasteiger partial charge on any atom is -0.493 e. The summed E-state index contributed by atoms with van der Waals surface area (Å²) in [5.41, 5.74) is 5.07. The minimum absolute atomic E-state index is 0.0154. The van der Waals surface area contributed by atoms with Gasteiger partial charge in [0.25, 0.3) is 0 Å². The van der Waals surface area contributed by atoms with Crippen molar-refractivity contribution in [2.24, 2.45) is 0 Å². The van der Waals surface area contributed by atoms with Crippen LogP contribution < -0.4 is 14.4 Å². The van der Waals surface area contributed by atoms with Gasteiger partial charge < -0.3 is 23.8 Å². The Morgan fingerprint density at radius 1 is 1.06 bits per heavy atom. The number of carbonyl (C=O) groups excluding carboxylic acids is 1. The smallest absolute Gasteiger partial charge is 0.246 e. The minimum atomic E-state index is 0.0154. The number of ether oxygens (including phenoxy) is 2. The number of hydrogen-bond donors (Lipinski definition) is 0. The zero-order valence-electron chi connectivity index (χ0n) is 20.2. The highest BCUT2D eigenvalue weighted by Gasteiger charge is 2.20. The van der Waals surface area contributed by atoms with Gasteiger partial charge in [0.15, 0.2) is 11.5 Å². The third-order valence-electron chi connectivity index (χ3n) is 6.12. The number of methoxy groups -OCH3 is 1. The first-order chi connectivity index (χ1) is 16.4. The van der Waals surface area contributed by atoms with Gasteiger partial charge in [0, 0.05) is 37.9 Å². The van der Waals surface area contributed by atoms with Crippen LogP contribution in [0.1, 0.15) is 28.1 Å². The quantitative estimate of drug-likeness (QED) is 0.481. The molecule has 2 aromatic carbocycles. The van der Waals surface area contributed by atoms with Crippen LogP contribution in [0.5, 0.6) is 11.5 Å². The molecule has 0 bridgehead atoms. The van der Waals surface area contributed by atoms with Gasteiger partial charge in [0.2, 0.25) is 5.91 Å². The van der Waals surface area contributed by atoms with E-state index >= 15 is 0 Å². The molecule has 1 saturated heterocycles. The third-order valence-corrected chi connectivity index (χ3v) is 6.12. The molecule has 1 fully saturated rings. The second-order valence-corrected chi connectivity index (χ2v) is 8.49. The lowest BCUT2D eigenvalue weighted by Gasteiger charge is -2.35. The predicted molar refractivity (Wildman–Crippen MR) is 132 cm³/mol. The van der Waals surface area contributed by atoms with Crippen molar-refractivity contribution in [1.29, 1.82) is 0 Å². The van der Waals surface area contributed by atoms with Crippen molar-refractivity contribution in [3.05, 3.63) is 76.7 Å². The van der Waals surface area contributed by atoms with Crippen molar-refractivity contribution >= 4 is 17.7 Å². The van der Waals surface area contributed by atoms with Crippen molar-refractivity contribution in [2.45, 2.75) is 27.4 Å².